The van der Waals surface area contributed by atoms with Gasteiger partial charge in [0.2, 0.25) is 0 Å². The zero-order valence-corrected chi connectivity index (χ0v) is 13.9. The lowest BCUT2D eigenvalue weighted by molar-refractivity contribution is 0.0920. The molecule has 118 valence electrons. The van der Waals surface area contributed by atoms with Crippen LogP contribution < -0.4 is 5.32 Å². The van der Waals surface area contributed by atoms with Crippen LogP contribution in [0.4, 0.5) is 0 Å². The van der Waals surface area contributed by atoms with Crippen molar-refractivity contribution < 1.29 is 9.90 Å². The minimum absolute atomic E-state index is 0.196. The highest BCUT2D eigenvalue weighted by Crippen LogP contribution is 2.18. The molecule has 2 N–H and O–H groups in total. The molecule has 6 heteroatoms. The van der Waals surface area contributed by atoms with E-state index in [2.05, 4.69) is 10.3 Å². The summed E-state index contributed by atoms with van der Waals surface area (Å²) in [5, 5.41) is 17.4. The summed E-state index contributed by atoms with van der Waals surface area (Å²) in [5.74, 6) is -0.198. The predicted octanol–water partition coefficient (Wildman–Crippen LogP) is 3.26. The van der Waals surface area contributed by atoms with Crippen molar-refractivity contribution >= 4 is 28.6 Å². The first-order valence-electron chi connectivity index (χ1n) is 7.19. The minimum atomic E-state index is -0.679. The maximum absolute atomic E-state index is 12.1. The van der Waals surface area contributed by atoms with Crippen LogP contribution >= 0.6 is 22.7 Å². The fourth-order valence-corrected chi connectivity index (χ4v) is 3.70. The number of amides is 1. The number of rotatable bonds is 6. The van der Waals surface area contributed by atoms with E-state index in [0.29, 0.717) is 4.88 Å². The summed E-state index contributed by atoms with van der Waals surface area (Å²) in [6, 6.07) is 11.9. The molecule has 23 heavy (non-hydrogen) atoms. The van der Waals surface area contributed by atoms with Crippen LogP contribution in [0.25, 0.3) is 0 Å². The van der Waals surface area contributed by atoms with E-state index in [9.17, 15) is 9.90 Å². The molecule has 4 nitrogen and oxygen atoms in total. The largest absolute Gasteiger partial charge is 0.387 e. The standard InChI is InChI=1S/C17H16N2O2S2/c20-14(13-6-7-22-11-13)9-19-17(21)15-10-18-16(23-15)8-12-4-2-1-3-5-12/h1-7,10-11,14,20H,8-9H2,(H,19,21). The van der Waals surface area contributed by atoms with Crippen molar-refractivity contribution in [3.63, 3.8) is 0 Å². The molecule has 0 aliphatic heterocycles. The fourth-order valence-electron chi connectivity index (χ4n) is 2.13. The Morgan fingerprint density at radius 3 is 2.83 bits per heavy atom. The summed E-state index contributed by atoms with van der Waals surface area (Å²) in [6.07, 6.45) is 1.63. The van der Waals surface area contributed by atoms with E-state index < -0.39 is 6.10 Å². The van der Waals surface area contributed by atoms with Crippen molar-refractivity contribution in [1.29, 1.82) is 0 Å². The van der Waals surface area contributed by atoms with Crippen molar-refractivity contribution in [2.75, 3.05) is 6.54 Å². The van der Waals surface area contributed by atoms with Gasteiger partial charge in [-0.1, -0.05) is 30.3 Å². The number of aliphatic hydroxyl groups is 1. The summed E-state index contributed by atoms with van der Waals surface area (Å²) < 4.78 is 0. The number of aromatic nitrogens is 1. The first-order valence-corrected chi connectivity index (χ1v) is 8.95. The molecule has 0 aliphatic carbocycles. The number of benzene rings is 1. The van der Waals surface area contributed by atoms with Gasteiger partial charge in [-0.25, -0.2) is 4.98 Å². The van der Waals surface area contributed by atoms with Gasteiger partial charge in [0.15, 0.2) is 0 Å². The van der Waals surface area contributed by atoms with Crippen molar-refractivity contribution in [1.82, 2.24) is 10.3 Å². The molecular weight excluding hydrogens is 328 g/mol. The van der Waals surface area contributed by atoms with E-state index >= 15 is 0 Å². The Hall–Kier alpha value is -2.02. The van der Waals surface area contributed by atoms with Crippen LogP contribution in [0.15, 0.2) is 53.4 Å². The van der Waals surface area contributed by atoms with E-state index in [1.54, 1.807) is 6.20 Å². The molecule has 3 rings (SSSR count). The summed E-state index contributed by atoms with van der Waals surface area (Å²) in [4.78, 5) is 17.0. The van der Waals surface area contributed by atoms with Crippen LogP contribution in [-0.4, -0.2) is 22.5 Å². The normalized spacial score (nSPS) is 12.0. The Kier molecular flexibility index (Phi) is 5.17. The lowest BCUT2D eigenvalue weighted by Crippen LogP contribution is -2.27. The van der Waals surface area contributed by atoms with Gasteiger partial charge in [0.25, 0.3) is 5.91 Å². The molecule has 2 heterocycles. The molecule has 2 aromatic heterocycles. The zero-order chi connectivity index (χ0) is 16.1. The molecular formula is C17H16N2O2S2. The number of carbonyl (C=O) groups excluding carboxylic acids is 1. The van der Waals surface area contributed by atoms with Gasteiger partial charge in [-0.15, -0.1) is 11.3 Å². The molecule has 1 unspecified atom stereocenters. The van der Waals surface area contributed by atoms with Crippen LogP contribution in [0.1, 0.15) is 31.9 Å². The average Bonchev–Trinajstić information content (AvgIpc) is 3.25. The second-order valence-corrected chi connectivity index (χ2v) is 6.96. The molecule has 1 atom stereocenters. The lowest BCUT2D eigenvalue weighted by Gasteiger charge is -2.09. The highest BCUT2D eigenvalue weighted by molar-refractivity contribution is 7.13. The van der Waals surface area contributed by atoms with Gasteiger partial charge in [-0.3, -0.25) is 4.79 Å². The quantitative estimate of drug-likeness (QED) is 0.721. The molecule has 0 aliphatic rings. The van der Waals surface area contributed by atoms with Crippen LogP contribution in [0.3, 0.4) is 0 Å². The smallest absolute Gasteiger partial charge is 0.263 e. The Morgan fingerprint density at radius 2 is 2.09 bits per heavy atom. The first-order chi connectivity index (χ1) is 11.2. The van der Waals surface area contributed by atoms with Crippen molar-refractivity contribution in [3.05, 3.63) is 74.4 Å². The lowest BCUT2D eigenvalue weighted by atomic mass is 10.2. The van der Waals surface area contributed by atoms with E-state index in [4.69, 9.17) is 0 Å². The molecule has 0 spiro atoms. The Labute approximate surface area is 142 Å². The fraction of sp³-hybridized carbons (Fsp3) is 0.176. The van der Waals surface area contributed by atoms with Gasteiger partial charge in [-0.05, 0) is 28.0 Å². The SMILES string of the molecule is O=C(NCC(O)c1ccsc1)c1cnc(Cc2ccccc2)s1. The molecule has 0 fully saturated rings. The monoisotopic (exact) mass is 344 g/mol. The number of carbonyl (C=O) groups is 1. The number of hydrogen-bond donors (Lipinski definition) is 2. The third-order valence-electron chi connectivity index (χ3n) is 3.36. The summed E-state index contributed by atoms with van der Waals surface area (Å²) in [7, 11) is 0. The number of nitrogens with one attached hydrogen (secondary N) is 1. The van der Waals surface area contributed by atoms with Gasteiger partial charge >= 0.3 is 0 Å². The van der Waals surface area contributed by atoms with Crippen LogP contribution in [0.2, 0.25) is 0 Å². The van der Waals surface area contributed by atoms with Crippen LogP contribution in [0.5, 0.6) is 0 Å². The van der Waals surface area contributed by atoms with Gasteiger partial charge in [0.1, 0.15) is 4.88 Å². The molecule has 1 amide bonds. The van der Waals surface area contributed by atoms with Gasteiger partial charge < -0.3 is 10.4 Å². The second-order valence-electron chi connectivity index (χ2n) is 5.06. The van der Waals surface area contributed by atoms with E-state index in [1.807, 2.05) is 47.2 Å². The zero-order valence-electron chi connectivity index (χ0n) is 12.3. The minimum Gasteiger partial charge on any atom is -0.387 e. The summed E-state index contributed by atoms with van der Waals surface area (Å²) in [5.41, 5.74) is 1.99. The first kappa shape index (κ1) is 15.9. The van der Waals surface area contributed by atoms with Crippen molar-refractivity contribution in [3.8, 4) is 0 Å². The number of aliphatic hydroxyl groups excluding tert-OH is 1. The predicted molar refractivity (Wildman–Crippen MR) is 93.0 cm³/mol. The molecule has 0 saturated carbocycles. The average molecular weight is 344 g/mol. The Balaban J connectivity index is 1.56. The molecule has 0 radical (unpaired) electrons. The van der Waals surface area contributed by atoms with E-state index in [0.717, 1.165) is 17.0 Å². The van der Waals surface area contributed by atoms with Crippen molar-refractivity contribution in [2.24, 2.45) is 0 Å². The molecule has 0 bridgehead atoms. The number of hydrogen-bond acceptors (Lipinski definition) is 5. The second kappa shape index (κ2) is 7.50. The van der Waals surface area contributed by atoms with Crippen LogP contribution in [-0.2, 0) is 6.42 Å². The number of thiazole rings is 1. The number of thiophene rings is 1. The van der Waals surface area contributed by atoms with E-state index in [-0.39, 0.29) is 12.5 Å². The maximum atomic E-state index is 12.1. The summed E-state index contributed by atoms with van der Waals surface area (Å²) in [6.45, 7) is 0.196. The molecule has 3 aromatic rings. The van der Waals surface area contributed by atoms with Crippen LogP contribution in [0, 0.1) is 0 Å². The summed E-state index contributed by atoms with van der Waals surface area (Å²) >= 11 is 2.90. The Bertz CT molecular complexity index is 754. The number of nitrogens with zero attached hydrogens (tertiary/aromatic N) is 1. The van der Waals surface area contributed by atoms with Crippen molar-refractivity contribution in [2.45, 2.75) is 12.5 Å². The molecule has 1 aromatic carbocycles. The van der Waals surface area contributed by atoms with E-state index in [1.165, 1.54) is 28.2 Å². The third-order valence-corrected chi connectivity index (χ3v) is 5.06. The third kappa shape index (κ3) is 4.25. The molecule has 0 saturated heterocycles. The van der Waals surface area contributed by atoms with Gasteiger partial charge in [0.05, 0.1) is 17.3 Å². The maximum Gasteiger partial charge on any atom is 0.263 e. The van der Waals surface area contributed by atoms with Gasteiger partial charge in [-0.2, -0.15) is 11.3 Å². The topological polar surface area (TPSA) is 62.2 Å². The van der Waals surface area contributed by atoms with Gasteiger partial charge in [0, 0.05) is 13.0 Å². The highest BCUT2D eigenvalue weighted by Gasteiger charge is 2.14. The Morgan fingerprint density at radius 1 is 1.26 bits per heavy atom. The highest BCUT2D eigenvalue weighted by atomic mass is 32.1.